The lowest BCUT2D eigenvalue weighted by Gasteiger charge is -2.04. The van der Waals surface area contributed by atoms with Crippen molar-refractivity contribution in [3.05, 3.63) is 58.5 Å². The van der Waals surface area contributed by atoms with Crippen LogP contribution in [0.2, 0.25) is 5.02 Å². The van der Waals surface area contributed by atoms with Crippen molar-refractivity contribution < 1.29 is 18.5 Å². The smallest absolute Gasteiger partial charge is 0.372 e. The first-order valence-corrected chi connectivity index (χ1v) is 7.32. The number of aromatic carboxylic acids is 1. The molecule has 1 atom stereocenters. The largest absolute Gasteiger partial charge is 0.475 e. The average molecular weight is 299 g/mol. The number of carboxylic acids is 1. The normalized spacial score (nSPS) is 12.3. The maximum Gasteiger partial charge on any atom is 0.372 e. The van der Waals surface area contributed by atoms with Crippen molar-refractivity contribution in [3.63, 3.8) is 0 Å². The fourth-order valence-electron chi connectivity index (χ4n) is 1.65. The maximum absolute atomic E-state index is 12.0. The zero-order valence-electron chi connectivity index (χ0n) is 9.84. The highest BCUT2D eigenvalue weighted by molar-refractivity contribution is 7.83. The number of hydrogen-bond acceptors (Lipinski definition) is 3. The summed E-state index contributed by atoms with van der Waals surface area (Å²) in [5.41, 5.74) is 1.21. The molecule has 19 heavy (non-hydrogen) atoms. The van der Waals surface area contributed by atoms with E-state index in [1.807, 2.05) is 6.07 Å². The van der Waals surface area contributed by atoms with Crippen molar-refractivity contribution in [2.75, 3.05) is 0 Å². The lowest BCUT2D eigenvalue weighted by molar-refractivity contribution is 0.0661. The summed E-state index contributed by atoms with van der Waals surface area (Å²) in [6, 6.07) is 8.67. The van der Waals surface area contributed by atoms with Crippen molar-refractivity contribution in [2.24, 2.45) is 0 Å². The van der Waals surface area contributed by atoms with Gasteiger partial charge in [-0.05, 0) is 17.7 Å². The molecule has 2 rings (SSSR count). The fraction of sp³-hybridized carbons (Fsp3) is 0.154. The van der Waals surface area contributed by atoms with E-state index in [1.54, 1.807) is 18.2 Å². The molecular formula is C13H11ClO4S. The zero-order valence-corrected chi connectivity index (χ0v) is 11.4. The van der Waals surface area contributed by atoms with Crippen LogP contribution in [0.5, 0.6) is 0 Å². The van der Waals surface area contributed by atoms with E-state index >= 15 is 0 Å². The number of hydrogen-bond donors (Lipinski definition) is 1. The highest BCUT2D eigenvalue weighted by atomic mass is 35.5. The number of carbonyl (C=O) groups is 1. The van der Waals surface area contributed by atoms with Gasteiger partial charge in [0, 0.05) is 21.4 Å². The molecule has 0 radical (unpaired) electrons. The molecule has 100 valence electrons. The monoisotopic (exact) mass is 298 g/mol. The first-order chi connectivity index (χ1) is 9.08. The highest BCUT2D eigenvalue weighted by Crippen LogP contribution is 2.19. The van der Waals surface area contributed by atoms with Gasteiger partial charge in [0.15, 0.2) is 0 Å². The van der Waals surface area contributed by atoms with E-state index in [0.717, 1.165) is 5.56 Å². The SMILES string of the molecule is O=C(O)c1occc1CS(=O)Cc1ccccc1Cl. The Kier molecular flexibility index (Phi) is 4.39. The van der Waals surface area contributed by atoms with Crippen LogP contribution in [0, 0.1) is 0 Å². The minimum Gasteiger partial charge on any atom is -0.475 e. The van der Waals surface area contributed by atoms with E-state index in [1.165, 1.54) is 12.3 Å². The third-order valence-electron chi connectivity index (χ3n) is 2.53. The number of halogens is 1. The number of benzene rings is 1. The van der Waals surface area contributed by atoms with Gasteiger partial charge in [-0.25, -0.2) is 4.79 Å². The van der Waals surface area contributed by atoms with E-state index in [9.17, 15) is 9.00 Å². The molecule has 6 heteroatoms. The quantitative estimate of drug-likeness (QED) is 0.921. The Labute approximate surface area is 117 Å². The van der Waals surface area contributed by atoms with E-state index in [0.29, 0.717) is 10.6 Å². The molecule has 0 spiro atoms. The van der Waals surface area contributed by atoms with E-state index < -0.39 is 16.8 Å². The van der Waals surface area contributed by atoms with Crippen molar-refractivity contribution in [1.82, 2.24) is 0 Å². The Morgan fingerprint density at radius 3 is 2.58 bits per heavy atom. The molecule has 2 aromatic rings. The molecule has 0 aliphatic heterocycles. The molecular weight excluding hydrogens is 288 g/mol. The van der Waals surface area contributed by atoms with Gasteiger partial charge in [-0.15, -0.1) is 0 Å². The molecule has 1 aromatic heterocycles. The van der Waals surface area contributed by atoms with Crippen LogP contribution in [0.3, 0.4) is 0 Å². The molecule has 4 nitrogen and oxygen atoms in total. The lowest BCUT2D eigenvalue weighted by atomic mass is 10.2. The van der Waals surface area contributed by atoms with Gasteiger partial charge in [0.2, 0.25) is 5.76 Å². The van der Waals surface area contributed by atoms with Crippen molar-refractivity contribution in [1.29, 1.82) is 0 Å². The van der Waals surface area contributed by atoms with Crippen LogP contribution in [0.15, 0.2) is 41.0 Å². The van der Waals surface area contributed by atoms with E-state index in [-0.39, 0.29) is 17.3 Å². The lowest BCUT2D eigenvalue weighted by Crippen LogP contribution is -2.04. The number of carboxylic acid groups (broad SMARTS) is 1. The second-order valence-corrected chi connectivity index (χ2v) is 5.76. The summed E-state index contributed by atoms with van der Waals surface area (Å²) < 4.78 is 16.9. The second-order valence-electron chi connectivity index (χ2n) is 3.90. The number of furan rings is 1. The maximum atomic E-state index is 12.0. The van der Waals surface area contributed by atoms with Crippen LogP contribution in [0.25, 0.3) is 0 Å². The summed E-state index contributed by atoms with van der Waals surface area (Å²) in [5.74, 6) is -0.907. The first kappa shape index (κ1) is 13.8. The molecule has 0 saturated carbocycles. The van der Waals surface area contributed by atoms with Crippen LogP contribution in [-0.2, 0) is 22.3 Å². The zero-order chi connectivity index (χ0) is 13.8. The molecule has 1 unspecified atom stereocenters. The highest BCUT2D eigenvalue weighted by Gasteiger charge is 2.16. The molecule has 0 saturated heterocycles. The van der Waals surface area contributed by atoms with Crippen molar-refractivity contribution >= 4 is 28.4 Å². The summed E-state index contributed by atoms with van der Waals surface area (Å²) in [4.78, 5) is 10.9. The minimum absolute atomic E-state index is 0.128. The average Bonchev–Trinajstić information content (AvgIpc) is 2.80. The molecule has 0 aliphatic carbocycles. The predicted molar refractivity (Wildman–Crippen MR) is 72.7 cm³/mol. The van der Waals surface area contributed by atoms with Gasteiger partial charge in [0.25, 0.3) is 0 Å². The van der Waals surface area contributed by atoms with Gasteiger partial charge in [0.1, 0.15) is 0 Å². The summed E-state index contributed by atoms with van der Waals surface area (Å²) in [5, 5.41) is 9.44. The number of rotatable bonds is 5. The fourth-order valence-corrected chi connectivity index (χ4v) is 3.21. The van der Waals surface area contributed by atoms with Gasteiger partial charge in [-0.1, -0.05) is 29.8 Å². The Balaban J connectivity index is 2.08. The Bertz CT molecular complexity index is 621. The van der Waals surface area contributed by atoms with Crippen molar-refractivity contribution in [3.8, 4) is 0 Å². The van der Waals surface area contributed by atoms with Crippen LogP contribution in [0.4, 0.5) is 0 Å². The van der Waals surface area contributed by atoms with Gasteiger partial charge in [0.05, 0.1) is 17.8 Å². The molecule has 1 N–H and O–H groups in total. The molecule has 0 aliphatic rings. The summed E-state index contributed by atoms with van der Waals surface area (Å²) >= 11 is 5.98. The molecule has 1 aromatic carbocycles. The topological polar surface area (TPSA) is 67.5 Å². The van der Waals surface area contributed by atoms with Gasteiger partial charge < -0.3 is 9.52 Å². The Morgan fingerprint density at radius 1 is 1.21 bits per heavy atom. The van der Waals surface area contributed by atoms with Crippen molar-refractivity contribution in [2.45, 2.75) is 11.5 Å². The molecule has 0 amide bonds. The predicted octanol–water partition coefficient (Wildman–Crippen LogP) is 3.08. The minimum atomic E-state index is -1.25. The Morgan fingerprint density at radius 2 is 1.89 bits per heavy atom. The first-order valence-electron chi connectivity index (χ1n) is 5.46. The van der Waals surface area contributed by atoms with Gasteiger partial charge >= 0.3 is 5.97 Å². The summed E-state index contributed by atoms with van der Waals surface area (Å²) in [7, 11) is -1.25. The van der Waals surface area contributed by atoms with Crippen LogP contribution < -0.4 is 0 Å². The molecule has 1 heterocycles. The van der Waals surface area contributed by atoms with Crippen LogP contribution in [-0.4, -0.2) is 15.3 Å². The molecule has 0 bridgehead atoms. The van der Waals surface area contributed by atoms with Gasteiger partial charge in [-0.3, -0.25) is 4.21 Å². The van der Waals surface area contributed by atoms with Crippen LogP contribution in [0.1, 0.15) is 21.7 Å². The van der Waals surface area contributed by atoms with E-state index in [4.69, 9.17) is 21.1 Å². The van der Waals surface area contributed by atoms with E-state index in [2.05, 4.69) is 0 Å². The van der Waals surface area contributed by atoms with Crippen LogP contribution >= 0.6 is 11.6 Å². The third-order valence-corrected chi connectivity index (χ3v) is 4.17. The standard InChI is InChI=1S/C13H11ClO4S/c14-11-4-2-1-3-9(11)7-19(17)8-10-5-6-18-12(10)13(15)16/h1-6H,7-8H2,(H,15,16). The Hall–Kier alpha value is -1.59. The van der Waals surface area contributed by atoms with Gasteiger partial charge in [-0.2, -0.15) is 0 Å². The third kappa shape index (κ3) is 3.45. The summed E-state index contributed by atoms with van der Waals surface area (Å²) in [6.07, 6.45) is 1.28. The molecule has 0 fully saturated rings. The summed E-state index contributed by atoms with van der Waals surface area (Å²) in [6.45, 7) is 0. The second kappa shape index (κ2) is 6.04.